The number of aromatic amines is 1. The van der Waals surface area contributed by atoms with Gasteiger partial charge in [-0.3, -0.25) is 4.79 Å². The molecule has 1 N–H and O–H groups in total. The molecule has 0 amide bonds. The summed E-state index contributed by atoms with van der Waals surface area (Å²) in [6.45, 7) is 0. The average Bonchev–Trinajstić information content (AvgIpc) is 2.17. The van der Waals surface area contributed by atoms with E-state index in [2.05, 4.69) is 4.98 Å². The fourth-order valence-electron chi connectivity index (χ4n) is 1.32. The summed E-state index contributed by atoms with van der Waals surface area (Å²) < 4.78 is 12.7. The second-order valence-electron chi connectivity index (χ2n) is 3.09. The lowest BCUT2D eigenvalue weighted by Gasteiger charge is -2.01. The van der Waals surface area contributed by atoms with Gasteiger partial charge >= 0.3 is 0 Å². The van der Waals surface area contributed by atoms with Crippen molar-refractivity contribution in [1.82, 2.24) is 4.98 Å². The minimum Gasteiger partial charge on any atom is -0.313 e. The van der Waals surface area contributed by atoms with Crippen LogP contribution < -0.4 is 5.56 Å². The maximum absolute atomic E-state index is 12.7. The highest BCUT2D eigenvalue weighted by molar-refractivity contribution is 6.29. The number of hydrogen-bond acceptors (Lipinski definition) is 1. The van der Waals surface area contributed by atoms with E-state index in [1.807, 2.05) is 0 Å². The lowest BCUT2D eigenvalue weighted by atomic mass is 10.1. The van der Waals surface area contributed by atoms with Gasteiger partial charge < -0.3 is 4.98 Å². The minimum atomic E-state index is -0.310. The van der Waals surface area contributed by atoms with E-state index < -0.39 is 0 Å². The Labute approximate surface area is 90.3 Å². The van der Waals surface area contributed by atoms with Gasteiger partial charge in [-0.1, -0.05) is 23.7 Å². The Balaban J connectivity index is 2.54. The number of halogens is 2. The minimum absolute atomic E-state index is 0.266. The van der Waals surface area contributed by atoms with Crippen LogP contribution in [0.15, 0.2) is 41.2 Å². The summed E-state index contributed by atoms with van der Waals surface area (Å²) in [6, 6.07) is 8.91. The third kappa shape index (κ3) is 2.25. The van der Waals surface area contributed by atoms with Crippen molar-refractivity contribution in [2.24, 2.45) is 0 Å². The molecule has 1 heterocycles. The third-order valence-electron chi connectivity index (χ3n) is 1.99. The maximum Gasteiger partial charge on any atom is 0.249 e. The van der Waals surface area contributed by atoms with Crippen LogP contribution in [0.1, 0.15) is 0 Å². The van der Waals surface area contributed by atoms with Crippen LogP contribution in [0.2, 0.25) is 5.15 Å². The summed E-state index contributed by atoms with van der Waals surface area (Å²) in [4.78, 5) is 13.6. The molecule has 4 heteroatoms. The molecular formula is C11H7ClFNO. The van der Waals surface area contributed by atoms with Crippen molar-refractivity contribution in [3.63, 3.8) is 0 Å². The Morgan fingerprint density at radius 1 is 1.07 bits per heavy atom. The van der Waals surface area contributed by atoms with Crippen LogP contribution in [0.3, 0.4) is 0 Å². The molecule has 0 atom stereocenters. The molecule has 0 unspecified atom stereocenters. The van der Waals surface area contributed by atoms with Gasteiger partial charge in [0.2, 0.25) is 5.56 Å². The monoisotopic (exact) mass is 223 g/mol. The van der Waals surface area contributed by atoms with Crippen LogP contribution >= 0.6 is 11.6 Å². The van der Waals surface area contributed by atoms with Crippen LogP contribution in [0.5, 0.6) is 0 Å². The molecule has 0 aliphatic rings. The molecule has 0 spiro atoms. The normalized spacial score (nSPS) is 10.3. The van der Waals surface area contributed by atoms with Gasteiger partial charge in [-0.05, 0) is 29.3 Å². The summed E-state index contributed by atoms with van der Waals surface area (Å²) in [5, 5.41) is 0.266. The zero-order chi connectivity index (χ0) is 10.8. The summed E-state index contributed by atoms with van der Waals surface area (Å²) in [7, 11) is 0. The Morgan fingerprint density at radius 3 is 2.33 bits per heavy atom. The van der Waals surface area contributed by atoms with Crippen LogP contribution in [0.4, 0.5) is 4.39 Å². The van der Waals surface area contributed by atoms with Crippen molar-refractivity contribution in [2.45, 2.75) is 0 Å². The van der Waals surface area contributed by atoms with Gasteiger partial charge in [0, 0.05) is 6.07 Å². The van der Waals surface area contributed by atoms with Gasteiger partial charge in [-0.2, -0.15) is 0 Å². The predicted molar refractivity (Wildman–Crippen MR) is 57.5 cm³/mol. The lowest BCUT2D eigenvalue weighted by molar-refractivity contribution is 0.628. The summed E-state index contributed by atoms with van der Waals surface area (Å²) in [6.07, 6.45) is 0. The van der Waals surface area contributed by atoms with E-state index in [1.54, 1.807) is 18.2 Å². The summed E-state index contributed by atoms with van der Waals surface area (Å²) >= 11 is 5.70. The molecule has 0 radical (unpaired) electrons. The first-order valence-corrected chi connectivity index (χ1v) is 4.69. The predicted octanol–water partition coefficient (Wildman–Crippen LogP) is 2.83. The van der Waals surface area contributed by atoms with Gasteiger partial charge in [0.05, 0.1) is 0 Å². The zero-order valence-electron chi connectivity index (χ0n) is 7.63. The molecule has 0 saturated heterocycles. The van der Waals surface area contributed by atoms with Gasteiger partial charge in [-0.15, -0.1) is 0 Å². The van der Waals surface area contributed by atoms with E-state index in [-0.39, 0.29) is 16.5 Å². The number of H-pyrrole nitrogens is 1. The Kier molecular flexibility index (Phi) is 2.56. The Bertz CT molecular complexity index is 533. The number of hydrogen-bond donors (Lipinski definition) is 1. The van der Waals surface area contributed by atoms with Crippen LogP contribution in [0.25, 0.3) is 11.1 Å². The van der Waals surface area contributed by atoms with E-state index >= 15 is 0 Å². The highest BCUT2D eigenvalue weighted by Gasteiger charge is 2.00. The summed E-state index contributed by atoms with van der Waals surface area (Å²) in [5.74, 6) is -0.310. The number of aromatic nitrogens is 1. The van der Waals surface area contributed by atoms with Crippen LogP contribution in [-0.4, -0.2) is 4.98 Å². The number of nitrogens with one attached hydrogen (secondary N) is 1. The van der Waals surface area contributed by atoms with E-state index in [0.29, 0.717) is 5.56 Å². The van der Waals surface area contributed by atoms with E-state index in [9.17, 15) is 9.18 Å². The number of rotatable bonds is 1. The molecule has 0 bridgehead atoms. The first-order chi connectivity index (χ1) is 7.15. The van der Waals surface area contributed by atoms with Crippen LogP contribution in [-0.2, 0) is 0 Å². The fourth-order valence-corrected chi connectivity index (χ4v) is 1.53. The highest BCUT2D eigenvalue weighted by Crippen LogP contribution is 2.19. The van der Waals surface area contributed by atoms with Gasteiger partial charge in [0.1, 0.15) is 11.0 Å². The van der Waals surface area contributed by atoms with Gasteiger partial charge in [0.25, 0.3) is 0 Å². The number of benzene rings is 1. The summed E-state index contributed by atoms with van der Waals surface area (Å²) in [5.41, 5.74) is 1.15. The molecule has 1 aromatic heterocycles. The van der Waals surface area contributed by atoms with Crippen molar-refractivity contribution in [3.8, 4) is 11.1 Å². The third-order valence-corrected chi connectivity index (χ3v) is 2.19. The molecular weight excluding hydrogens is 217 g/mol. The van der Waals surface area contributed by atoms with Crippen molar-refractivity contribution in [1.29, 1.82) is 0 Å². The quantitative estimate of drug-likeness (QED) is 0.741. The fraction of sp³-hybridized carbons (Fsp3) is 0. The molecule has 2 aromatic rings. The Morgan fingerprint density at radius 2 is 1.73 bits per heavy atom. The van der Waals surface area contributed by atoms with Crippen LogP contribution in [0, 0.1) is 5.82 Å². The first-order valence-electron chi connectivity index (χ1n) is 4.31. The lowest BCUT2D eigenvalue weighted by Crippen LogP contribution is -2.03. The first kappa shape index (κ1) is 9.93. The van der Waals surface area contributed by atoms with E-state index in [1.165, 1.54) is 18.2 Å². The molecule has 0 fully saturated rings. The molecule has 0 aliphatic heterocycles. The standard InChI is InChI=1S/C11H7ClFNO/c12-10-5-8(6-11(15)14-10)7-1-3-9(13)4-2-7/h1-6H,(H,14,15). The Hall–Kier alpha value is -1.61. The van der Waals surface area contributed by atoms with Gasteiger partial charge in [0.15, 0.2) is 0 Å². The second kappa shape index (κ2) is 3.87. The molecule has 1 aromatic carbocycles. The molecule has 0 saturated carbocycles. The van der Waals surface area contributed by atoms with Crippen molar-refractivity contribution in [2.75, 3.05) is 0 Å². The molecule has 2 rings (SSSR count). The average molecular weight is 224 g/mol. The van der Waals surface area contributed by atoms with E-state index in [0.717, 1.165) is 5.56 Å². The van der Waals surface area contributed by atoms with Gasteiger partial charge in [-0.25, -0.2) is 4.39 Å². The topological polar surface area (TPSA) is 32.9 Å². The largest absolute Gasteiger partial charge is 0.313 e. The molecule has 15 heavy (non-hydrogen) atoms. The van der Waals surface area contributed by atoms with Crippen molar-refractivity contribution >= 4 is 11.6 Å². The van der Waals surface area contributed by atoms with Crippen molar-refractivity contribution < 1.29 is 4.39 Å². The smallest absolute Gasteiger partial charge is 0.249 e. The maximum atomic E-state index is 12.7. The second-order valence-corrected chi connectivity index (χ2v) is 3.50. The molecule has 0 aliphatic carbocycles. The number of pyridine rings is 1. The zero-order valence-corrected chi connectivity index (χ0v) is 8.38. The SMILES string of the molecule is O=c1cc(-c2ccc(F)cc2)cc(Cl)[nH]1. The highest BCUT2D eigenvalue weighted by atomic mass is 35.5. The molecule has 76 valence electrons. The van der Waals surface area contributed by atoms with Crippen molar-refractivity contribution in [3.05, 3.63) is 57.7 Å². The molecule has 2 nitrogen and oxygen atoms in total. The van der Waals surface area contributed by atoms with E-state index in [4.69, 9.17) is 11.6 Å².